The number of hydrogen-bond donors (Lipinski definition) is 2. The molecule has 2 aliphatic heterocycles. The van der Waals surface area contributed by atoms with Gasteiger partial charge in [-0.15, -0.1) is 0 Å². The molecule has 1 amide bonds. The van der Waals surface area contributed by atoms with Crippen LogP contribution in [0.1, 0.15) is 55.4 Å². The number of aliphatic hydroxyl groups is 1. The SMILES string of the molecule is Cc1cccc(C=CC(=O)N(CC(C)C)[C@H]2CC[C@@]3(O)[C@H]4Cc5ccc(O)c6c5[C@@]3(CCN4C)[C@H]2O6)c1. The molecular weight excluding hydrogens is 464 g/mol. The number of carbonyl (C=O) groups excluding carboxylic acids is 1. The number of aryl methyl sites for hydroxylation is 1. The molecule has 6 nitrogen and oxygen atoms in total. The van der Waals surface area contributed by atoms with Gasteiger partial charge in [-0.25, -0.2) is 0 Å². The van der Waals surface area contributed by atoms with Crippen LogP contribution in [0.25, 0.3) is 6.08 Å². The number of phenolic OH excluding ortho intramolecular Hbond substituents is 1. The molecule has 37 heavy (non-hydrogen) atoms. The Bertz CT molecular complexity index is 1270. The van der Waals surface area contributed by atoms with Crippen molar-refractivity contribution in [3.8, 4) is 11.5 Å². The van der Waals surface area contributed by atoms with Gasteiger partial charge >= 0.3 is 0 Å². The highest BCUT2D eigenvalue weighted by molar-refractivity contribution is 5.92. The van der Waals surface area contributed by atoms with Crippen LogP contribution in [0.2, 0.25) is 0 Å². The number of amides is 1. The van der Waals surface area contributed by atoms with E-state index in [4.69, 9.17) is 4.74 Å². The highest BCUT2D eigenvalue weighted by Gasteiger charge is 2.73. The highest BCUT2D eigenvalue weighted by Crippen LogP contribution is 2.65. The second-order valence-corrected chi connectivity index (χ2v) is 12.1. The van der Waals surface area contributed by atoms with E-state index in [0.717, 1.165) is 41.6 Å². The Labute approximate surface area is 219 Å². The van der Waals surface area contributed by atoms with Gasteiger partial charge in [0, 0.05) is 24.2 Å². The van der Waals surface area contributed by atoms with Gasteiger partial charge in [0.25, 0.3) is 0 Å². The first kappa shape index (κ1) is 24.5. The summed E-state index contributed by atoms with van der Waals surface area (Å²) in [6.07, 6.45) is 5.91. The van der Waals surface area contributed by atoms with Crippen molar-refractivity contribution in [1.29, 1.82) is 0 Å². The van der Waals surface area contributed by atoms with Crippen LogP contribution < -0.4 is 4.74 Å². The van der Waals surface area contributed by atoms with Crippen LogP contribution in [0, 0.1) is 12.8 Å². The number of ether oxygens (including phenoxy) is 1. The Morgan fingerprint density at radius 3 is 2.84 bits per heavy atom. The normalized spacial score (nSPS) is 31.9. The number of piperidine rings is 1. The third-order valence-electron chi connectivity index (χ3n) is 9.40. The average Bonchev–Trinajstić information content (AvgIpc) is 3.21. The number of benzene rings is 2. The van der Waals surface area contributed by atoms with Gasteiger partial charge in [0.15, 0.2) is 11.5 Å². The first-order valence-electron chi connectivity index (χ1n) is 13.7. The van der Waals surface area contributed by atoms with Gasteiger partial charge in [-0.05, 0) is 75.4 Å². The van der Waals surface area contributed by atoms with Crippen molar-refractivity contribution in [3.05, 3.63) is 64.7 Å². The first-order chi connectivity index (χ1) is 17.7. The van der Waals surface area contributed by atoms with Gasteiger partial charge in [-0.3, -0.25) is 4.79 Å². The average molecular weight is 503 g/mol. The van der Waals surface area contributed by atoms with Gasteiger partial charge in [0.05, 0.1) is 17.1 Å². The van der Waals surface area contributed by atoms with Gasteiger partial charge in [-0.2, -0.15) is 0 Å². The topological polar surface area (TPSA) is 73.2 Å². The first-order valence-corrected chi connectivity index (χ1v) is 13.7. The maximum absolute atomic E-state index is 13.8. The number of phenols is 1. The molecule has 6 heteroatoms. The summed E-state index contributed by atoms with van der Waals surface area (Å²) in [5.74, 6) is 0.885. The lowest BCUT2D eigenvalue weighted by Gasteiger charge is -2.64. The zero-order valence-corrected chi connectivity index (χ0v) is 22.3. The number of likely N-dealkylation sites (N-methyl/N-ethyl adjacent to an activating group) is 1. The molecule has 0 aromatic heterocycles. The summed E-state index contributed by atoms with van der Waals surface area (Å²) in [6, 6.07) is 11.6. The maximum atomic E-state index is 13.8. The lowest BCUT2D eigenvalue weighted by molar-refractivity contribution is -0.197. The number of rotatable bonds is 5. The molecule has 1 spiro atoms. The van der Waals surface area contributed by atoms with Crippen LogP contribution in [-0.2, 0) is 16.6 Å². The minimum absolute atomic E-state index is 0.00763. The van der Waals surface area contributed by atoms with Crippen molar-refractivity contribution in [3.63, 3.8) is 0 Å². The van der Waals surface area contributed by atoms with Crippen molar-refractivity contribution >= 4 is 12.0 Å². The molecule has 2 aromatic carbocycles. The van der Waals surface area contributed by atoms with E-state index in [0.29, 0.717) is 25.1 Å². The van der Waals surface area contributed by atoms with E-state index in [9.17, 15) is 15.0 Å². The molecule has 1 saturated carbocycles. The summed E-state index contributed by atoms with van der Waals surface area (Å²) < 4.78 is 6.67. The molecule has 2 heterocycles. The van der Waals surface area contributed by atoms with E-state index >= 15 is 0 Å². The Morgan fingerprint density at radius 2 is 2.08 bits per heavy atom. The molecule has 2 fully saturated rings. The summed E-state index contributed by atoms with van der Waals surface area (Å²) in [6.45, 7) is 7.75. The summed E-state index contributed by atoms with van der Waals surface area (Å²) in [4.78, 5) is 18.1. The van der Waals surface area contributed by atoms with E-state index in [1.54, 1.807) is 12.1 Å². The zero-order valence-electron chi connectivity index (χ0n) is 22.3. The molecule has 2 aromatic rings. The fraction of sp³-hybridized carbons (Fsp3) is 0.516. The molecule has 0 unspecified atom stereocenters. The van der Waals surface area contributed by atoms with E-state index in [2.05, 4.69) is 31.9 Å². The third-order valence-corrected chi connectivity index (χ3v) is 9.40. The molecule has 5 atom stereocenters. The number of carbonyl (C=O) groups is 1. The molecule has 2 N–H and O–H groups in total. The van der Waals surface area contributed by atoms with Crippen LogP contribution in [0.15, 0.2) is 42.5 Å². The summed E-state index contributed by atoms with van der Waals surface area (Å²) in [7, 11) is 2.10. The van der Waals surface area contributed by atoms with Gasteiger partial charge in [0.1, 0.15) is 6.10 Å². The second-order valence-electron chi connectivity index (χ2n) is 12.1. The molecule has 1 saturated heterocycles. The van der Waals surface area contributed by atoms with Crippen molar-refractivity contribution in [1.82, 2.24) is 9.80 Å². The molecule has 2 bridgehead atoms. The number of aromatic hydroxyl groups is 1. The largest absolute Gasteiger partial charge is 0.504 e. The Hall–Kier alpha value is -2.83. The van der Waals surface area contributed by atoms with Gasteiger partial charge in [0.2, 0.25) is 5.91 Å². The minimum Gasteiger partial charge on any atom is -0.504 e. The van der Waals surface area contributed by atoms with E-state index in [1.165, 1.54) is 0 Å². The highest BCUT2D eigenvalue weighted by atomic mass is 16.5. The molecule has 6 rings (SSSR count). The zero-order chi connectivity index (χ0) is 26.1. The standard InChI is InChI=1S/C31H38N2O4/c1-19(2)18-33(26(35)11-8-21-7-5-6-20(3)16-21)23-12-13-31(36)25-17-22-9-10-24(34)28-27(22)30(31,29(23)37-28)14-15-32(25)4/h5-11,16,19,23,25,29,34,36H,12-15,17-18H2,1-4H3/t23-,25+,29-,30-,31+/m0/s1. The molecule has 0 radical (unpaired) electrons. The second kappa shape index (κ2) is 8.60. The Balaban J connectivity index is 1.42. The molecular formula is C31H38N2O4. The minimum atomic E-state index is -0.961. The van der Waals surface area contributed by atoms with E-state index in [1.807, 2.05) is 42.2 Å². The fourth-order valence-corrected chi connectivity index (χ4v) is 7.87. The van der Waals surface area contributed by atoms with Crippen LogP contribution in [-0.4, -0.2) is 69.8 Å². The van der Waals surface area contributed by atoms with Crippen molar-refractivity contribution in [2.75, 3.05) is 20.1 Å². The number of hydrogen-bond acceptors (Lipinski definition) is 5. The monoisotopic (exact) mass is 502 g/mol. The van der Waals surface area contributed by atoms with Crippen molar-refractivity contribution < 1.29 is 19.7 Å². The molecule has 4 aliphatic rings. The number of likely N-dealkylation sites (tertiary alicyclic amines) is 1. The predicted octanol–water partition coefficient (Wildman–Crippen LogP) is 4.05. The van der Waals surface area contributed by atoms with Crippen molar-refractivity contribution in [2.24, 2.45) is 5.92 Å². The quantitative estimate of drug-likeness (QED) is 0.604. The van der Waals surface area contributed by atoms with Crippen molar-refractivity contribution in [2.45, 2.75) is 75.7 Å². The van der Waals surface area contributed by atoms with E-state index < -0.39 is 17.1 Å². The van der Waals surface area contributed by atoms with E-state index in [-0.39, 0.29) is 29.7 Å². The van der Waals surface area contributed by atoms with Crippen LogP contribution in [0.5, 0.6) is 11.5 Å². The third kappa shape index (κ3) is 3.48. The molecule has 196 valence electrons. The predicted molar refractivity (Wildman–Crippen MR) is 144 cm³/mol. The van der Waals surface area contributed by atoms with Gasteiger partial charge < -0.3 is 24.7 Å². The Kier molecular flexibility index (Phi) is 5.70. The molecule has 2 aliphatic carbocycles. The summed E-state index contributed by atoms with van der Waals surface area (Å²) >= 11 is 0. The fourth-order valence-electron chi connectivity index (χ4n) is 7.87. The van der Waals surface area contributed by atoms with Crippen LogP contribution >= 0.6 is 0 Å². The Morgan fingerprint density at radius 1 is 1.27 bits per heavy atom. The summed E-state index contributed by atoms with van der Waals surface area (Å²) in [5, 5.41) is 23.3. The maximum Gasteiger partial charge on any atom is 0.246 e. The van der Waals surface area contributed by atoms with Gasteiger partial charge in [-0.1, -0.05) is 49.7 Å². The number of nitrogens with zero attached hydrogens (tertiary/aromatic N) is 2. The smallest absolute Gasteiger partial charge is 0.246 e. The summed E-state index contributed by atoms with van der Waals surface area (Å²) in [5.41, 5.74) is 2.70. The lowest BCUT2D eigenvalue weighted by atomic mass is 9.48. The lowest BCUT2D eigenvalue weighted by Crippen LogP contribution is -2.78. The van der Waals surface area contributed by atoms with Crippen LogP contribution in [0.4, 0.5) is 0 Å². The van der Waals surface area contributed by atoms with Crippen LogP contribution in [0.3, 0.4) is 0 Å².